The van der Waals surface area contributed by atoms with Gasteiger partial charge < -0.3 is 4.90 Å². The van der Waals surface area contributed by atoms with Crippen LogP contribution in [0.15, 0.2) is 22.7 Å². The summed E-state index contributed by atoms with van der Waals surface area (Å²) in [4.78, 5) is 13.7. The van der Waals surface area contributed by atoms with Gasteiger partial charge in [-0.2, -0.15) is 0 Å². The molecular weight excluding hydrogens is 285 g/mol. The van der Waals surface area contributed by atoms with Crippen LogP contribution in [0.4, 0.5) is 4.39 Å². The van der Waals surface area contributed by atoms with E-state index in [-0.39, 0.29) is 11.5 Å². The lowest BCUT2D eigenvalue weighted by molar-refractivity contribution is 0.0740. The van der Waals surface area contributed by atoms with Crippen molar-refractivity contribution in [1.29, 1.82) is 0 Å². The Hall–Kier alpha value is -0.900. The second kappa shape index (κ2) is 5.17. The molecule has 0 atom stereocenters. The third kappa shape index (κ3) is 2.86. The van der Waals surface area contributed by atoms with Crippen molar-refractivity contribution in [1.82, 2.24) is 4.90 Å². The molecule has 0 heterocycles. The molecule has 1 amide bonds. The molecule has 4 heteroatoms. The maximum absolute atomic E-state index is 13.5. The molecule has 1 aromatic carbocycles. The molecule has 0 bridgehead atoms. The first-order chi connectivity index (χ1) is 8.08. The molecule has 2 nitrogen and oxygen atoms in total. The van der Waals surface area contributed by atoms with Crippen LogP contribution >= 0.6 is 15.9 Å². The summed E-state index contributed by atoms with van der Waals surface area (Å²) < 4.78 is 14.3. The van der Waals surface area contributed by atoms with E-state index in [2.05, 4.69) is 15.9 Å². The molecule has 17 heavy (non-hydrogen) atoms. The van der Waals surface area contributed by atoms with Crippen molar-refractivity contribution in [2.75, 3.05) is 13.6 Å². The number of hydrogen-bond acceptors (Lipinski definition) is 1. The van der Waals surface area contributed by atoms with Gasteiger partial charge >= 0.3 is 0 Å². The summed E-state index contributed by atoms with van der Waals surface area (Å²) in [6, 6.07) is 4.45. The zero-order valence-electron chi connectivity index (χ0n) is 9.75. The van der Waals surface area contributed by atoms with E-state index in [0.29, 0.717) is 5.92 Å². The van der Waals surface area contributed by atoms with Crippen LogP contribution in [-0.2, 0) is 0 Å². The third-order valence-corrected chi connectivity index (χ3v) is 3.76. The Kier molecular flexibility index (Phi) is 3.82. The lowest BCUT2D eigenvalue weighted by Crippen LogP contribution is -2.34. The molecule has 0 radical (unpaired) electrons. The SMILES string of the molecule is CN(CC1CCC1)C(=O)c1cc(Br)ccc1F. The number of carbonyl (C=O) groups is 1. The lowest BCUT2D eigenvalue weighted by atomic mass is 9.85. The summed E-state index contributed by atoms with van der Waals surface area (Å²) in [6.45, 7) is 0.727. The topological polar surface area (TPSA) is 20.3 Å². The Morgan fingerprint density at radius 3 is 2.82 bits per heavy atom. The Morgan fingerprint density at radius 2 is 2.24 bits per heavy atom. The van der Waals surface area contributed by atoms with Crippen LogP contribution in [-0.4, -0.2) is 24.4 Å². The van der Waals surface area contributed by atoms with Gasteiger partial charge in [-0.1, -0.05) is 22.4 Å². The fraction of sp³-hybridized carbons (Fsp3) is 0.462. The average Bonchev–Trinajstić information content (AvgIpc) is 2.25. The van der Waals surface area contributed by atoms with Gasteiger partial charge in [-0.25, -0.2) is 4.39 Å². The summed E-state index contributed by atoms with van der Waals surface area (Å²) >= 11 is 3.25. The molecule has 0 saturated heterocycles. The molecule has 0 unspecified atom stereocenters. The van der Waals surface area contributed by atoms with Crippen LogP contribution in [0.1, 0.15) is 29.6 Å². The Morgan fingerprint density at radius 1 is 1.53 bits per heavy atom. The molecule has 0 aromatic heterocycles. The van der Waals surface area contributed by atoms with Gasteiger partial charge in [0.05, 0.1) is 5.56 Å². The van der Waals surface area contributed by atoms with Crippen LogP contribution in [0, 0.1) is 11.7 Å². The van der Waals surface area contributed by atoms with Gasteiger partial charge in [0.1, 0.15) is 5.82 Å². The standard InChI is InChI=1S/C13H15BrFNO/c1-16(8-9-3-2-4-9)13(17)11-7-10(14)5-6-12(11)15/h5-7,9H,2-4,8H2,1H3. The number of hydrogen-bond donors (Lipinski definition) is 0. The number of nitrogens with zero attached hydrogens (tertiary/aromatic N) is 1. The first kappa shape index (κ1) is 12.6. The van der Waals surface area contributed by atoms with Gasteiger partial charge in [0.2, 0.25) is 0 Å². The van der Waals surface area contributed by atoms with Gasteiger partial charge in [-0.05, 0) is 37.0 Å². The summed E-state index contributed by atoms with van der Waals surface area (Å²) in [7, 11) is 1.74. The van der Waals surface area contributed by atoms with Crippen molar-refractivity contribution >= 4 is 21.8 Å². The molecule has 0 aliphatic heterocycles. The van der Waals surface area contributed by atoms with Crippen molar-refractivity contribution < 1.29 is 9.18 Å². The van der Waals surface area contributed by atoms with Crippen LogP contribution in [0.3, 0.4) is 0 Å². The first-order valence-corrected chi connectivity index (χ1v) is 6.57. The normalized spacial score (nSPS) is 15.5. The van der Waals surface area contributed by atoms with Gasteiger partial charge in [-0.3, -0.25) is 4.79 Å². The highest BCUT2D eigenvalue weighted by molar-refractivity contribution is 9.10. The Balaban J connectivity index is 2.09. The average molecular weight is 300 g/mol. The van der Waals surface area contributed by atoms with Crippen LogP contribution in [0.5, 0.6) is 0 Å². The summed E-state index contributed by atoms with van der Waals surface area (Å²) in [5.41, 5.74) is 0.140. The van der Waals surface area contributed by atoms with E-state index in [1.807, 2.05) is 0 Å². The zero-order chi connectivity index (χ0) is 12.4. The highest BCUT2D eigenvalue weighted by Crippen LogP contribution is 2.27. The van der Waals surface area contributed by atoms with Gasteiger partial charge in [0.15, 0.2) is 0 Å². The number of amides is 1. The van der Waals surface area contributed by atoms with E-state index in [4.69, 9.17) is 0 Å². The molecule has 1 aromatic rings. The van der Waals surface area contributed by atoms with Crippen molar-refractivity contribution in [3.8, 4) is 0 Å². The molecule has 92 valence electrons. The fourth-order valence-electron chi connectivity index (χ4n) is 2.01. The number of halogens is 2. The molecule has 2 rings (SSSR count). The fourth-order valence-corrected chi connectivity index (χ4v) is 2.37. The maximum atomic E-state index is 13.5. The second-order valence-electron chi connectivity index (χ2n) is 4.61. The van der Waals surface area contributed by atoms with Gasteiger partial charge in [0.25, 0.3) is 5.91 Å². The number of carbonyl (C=O) groups excluding carboxylic acids is 1. The first-order valence-electron chi connectivity index (χ1n) is 5.78. The lowest BCUT2D eigenvalue weighted by Gasteiger charge is -2.30. The smallest absolute Gasteiger partial charge is 0.256 e. The molecular formula is C13H15BrFNO. The maximum Gasteiger partial charge on any atom is 0.256 e. The third-order valence-electron chi connectivity index (χ3n) is 3.26. The minimum atomic E-state index is -0.460. The molecule has 1 aliphatic carbocycles. The van der Waals surface area contributed by atoms with E-state index in [1.54, 1.807) is 18.0 Å². The minimum absolute atomic E-state index is 0.140. The van der Waals surface area contributed by atoms with Gasteiger partial charge in [-0.15, -0.1) is 0 Å². The molecule has 0 spiro atoms. The zero-order valence-corrected chi connectivity index (χ0v) is 11.3. The van der Waals surface area contributed by atoms with Gasteiger partial charge in [0, 0.05) is 18.1 Å². The number of benzene rings is 1. The molecule has 1 aliphatic rings. The van der Waals surface area contributed by atoms with Crippen LogP contribution in [0.25, 0.3) is 0 Å². The van der Waals surface area contributed by atoms with Crippen molar-refractivity contribution in [3.05, 3.63) is 34.1 Å². The van der Waals surface area contributed by atoms with Crippen molar-refractivity contribution in [2.45, 2.75) is 19.3 Å². The highest BCUT2D eigenvalue weighted by atomic mass is 79.9. The van der Waals surface area contributed by atoms with E-state index in [1.165, 1.54) is 31.4 Å². The molecule has 1 fully saturated rings. The van der Waals surface area contributed by atoms with E-state index < -0.39 is 5.82 Å². The molecule has 1 saturated carbocycles. The van der Waals surface area contributed by atoms with E-state index in [0.717, 1.165) is 11.0 Å². The Labute approximate surface area is 109 Å². The van der Waals surface area contributed by atoms with Crippen molar-refractivity contribution in [3.63, 3.8) is 0 Å². The minimum Gasteiger partial charge on any atom is -0.341 e. The highest BCUT2D eigenvalue weighted by Gasteiger charge is 2.23. The summed E-state index contributed by atoms with van der Waals surface area (Å²) in [5.74, 6) is -0.103. The predicted molar refractivity (Wildman–Crippen MR) is 68.4 cm³/mol. The predicted octanol–water partition coefficient (Wildman–Crippen LogP) is 3.46. The van der Waals surface area contributed by atoms with Crippen LogP contribution < -0.4 is 0 Å². The second-order valence-corrected chi connectivity index (χ2v) is 5.52. The monoisotopic (exact) mass is 299 g/mol. The van der Waals surface area contributed by atoms with E-state index >= 15 is 0 Å². The number of rotatable bonds is 3. The molecule has 0 N–H and O–H groups in total. The van der Waals surface area contributed by atoms with E-state index in [9.17, 15) is 9.18 Å². The quantitative estimate of drug-likeness (QED) is 0.837. The largest absolute Gasteiger partial charge is 0.341 e. The van der Waals surface area contributed by atoms with Crippen molar-refractivity contribution in [2.24, 2.45) is 5.92 Å². The summed E-state index contributed by atoms with van der Waals surface area (Å²) in [5, 5.41) is 0. The van der Waals surface area contributed by atoms with Crippen LogP contribution in [0.2, 0.25) is 0 Å². The Bertz CT molecular complexity index is 431. The summed E-state index contributed by atoms with van der Waals surface area (Å²) in [6.07, 6.45) is 3.61.